The molecule has 0 aliphatic heterocycles. The fourth-order valence-electron chi connectivity index (χ4n) is 1.52. The number of ether oxygens (including phenoxy) is 1. The highest BCUT2D eigenvalue weighted by Crippen LogP contribution is 2.23. The second-order valence-corrected chi connectivity index (χ2v) is 9.92. The minimum atomic E-state index is -1.83. The molecule has 0 spiro atoms. The zero-order valence-corrected chi connectivity index (χ0v) is 13.9. The van der Waals surface area contributed by atoms with Gasteiger partial charge in [-0.15, -0.1) is 0 Å². The van der Waals surface area contributed by atoms with Crippen molar-refractivity contribution < 1.29 is 17.9 Å². The standard InChI is InChI=1S/C15H21F2NO2Si/c1-6-9-19-14-8-7-13(16)15(17)12(14)10-18-11(2)20-21(3,4)5/h7-8,10H,2,6,9H2,1,3-5H3. The lowest BCUT2D eigenvalue weighted by Gasteiger charge is -2.18. The second-order valence-electron chi connectivity index (χ2n) is 5.49. The number of rotatable bonds is 7. The van der Waals surface area contributed by atoms with Gasteiger partial charge in [0.1, 0.15) is 5.75 Å². The quantitative estimate of drug-likeness (QED) is 0.422. The van der Waals surface area contributed by atoms with Gasteiger partial charge in [-0.05, 0) is 44.8 Å². The van der Waals surface area contributed by atoms with Crippen molar-refractivity contribution in [3.8, 4) is 5.75 Å². The first kappa shape index (κ1) is 17.4. The minimum Gasteiger partial charge on any atom is -0.532 e. The maximum absolute atomic E-state index is 13.9. The van der Waals surface area contributed by atoms with E-state index in [1.54, 1.807) is 0 Å². The third kappa shape index (κ3) is 5.67. The van der Waals surface area contributed by atoms with Gasteiger partial charge in [-0.1, -0.05) is 6.92 Å². The Morgan fingerprint density at radius 3 is 2.57 bits per heavy atom. The smallest absolute Gasteiger partial charge is 0.244 e. The Bertz CT molecular complexity index is 539. The van der Waals surface area contributed by atoms with Crippen molar-refractivity contribution in [3.05, 3.63) is 41.8 Å². The summed E-state index contributed by atoms with van der Waals surface area (Å²) in [5.41, 5.74) is -0.0382. The van der Waals surface area contributed by atoms with Gasteiger partial charge in [0.2, 0.25) is 8.32 Å². The summed E-state index contributed by atoms with van der Waals surface area (Å²) in [7, 11) is -1.83. The number of nitrogens with zero attached hydrogens (tertiary/aromatic N) is 1. The molecule has 21 heavy (non-hydrogen) atoms. The molecule has 1 rings (SSSR count). The van der Waals surface area contributed by atoms with Crippen LogP contribution >= 0.6 is 0 Å². The van der Waals surface area contributed by atoms with Gasteiger partial charge in [0.25, 0.3) is 0 Å². The van der Waals surface area contributed by atoms with E-state index in [0.29, 0.717) is 6.61 Å². The van der Waals surface area contributed by atoms with Crippen LogP contribution in [0.1, 0.15) is 18.9 Å². The van der Waals surface area contributed by atoms with E-state index in [1.165, 1.54) is 12.3 Å². The second kappa shape index (κ2) is 7.35. The van der Waals surface area contributed by atoms with Crippen LogP contribution in [-0.2, 0) is 4.43 Å². The molecule has 0 aromatic heterocycles. The molecule has 116 valence electrons. The Hall–Kier alpha value is -1.69. The van der Waals surface area contributed by atoms with E-state index in [0.717, 1.165) is 12.5 Å². The molecule has 0 amide bonds. The lowest BCUT2D eigenvalue weighted by Crippen LogP contribution is -2.24. The van der Waals surface area contributed by atoms with Crippen LogP contribution in [0, 0.1) is 11.6 Å². The van der Waals surface area contributed by atoms with E-state index < -0.39 is 20.0 Å². The highest BCUT2D eigenvalue weighted by molar-refractivity contribution is 6.70. The fourth-order valence-corrected chi connectivity index (χ4v) is 2.28. The zero-order chi connectivity index (χ0) is 16.0. The number of hydrogen-bond acceptors (Lipinski definition) is 3. The van der Waals surface area contributed by atoms with Gasteiger partial charge in [-0.2, -0.15) is 0 Å². The number of hydrogen-bond donors (Lipinski definition) is 0. The molecule has 0 unspecified atom stereocenters. The molecule has 0 saturated carbocycles. The van der Waals surface area contributed by atoms with Gasteiger partial charge >= 0.3 is 0 Å². The molecule has 0 radical (unpaired) electrons. The summed E-state index contributed by atoms with van der Waals surface area (Å²) in [6.07, 6.45) is 1.95. The molecule has 0 heterocycles. The van der Waals surface area contributed by atoms with Crippen molar-refractivity contribution >= 4 is 14.5 Å². The molecule has 0 fully saturated rings. The van der Waals surface area contributed by atoms with E-state index in [1.807, 2.05) is 26.6 Å². The van der Waals surface area contributed by atoms with Crippen molar-refractivity contribution in [1.29, 1.82) is 0 Å². The molecular formula is C15H21F2NO2Si. The summed E-state index contributed by atoms with van der Waals surface area (Å²) in [6.45, 7) is 11.9. The van der Waals surface area contributed by atoms with Crippen molar-refractivity contribution in [3.63, 3.8) is 0 Å². The van der Waals surface area contributed by atoms with Crippen LogP contribution in [0.15, 0.2) is 29.6 Å². The van der Waals surface area contributed by atoms with E-state index >= 15 is 0 Å². The molecule has 1 aromatic carbocycles. The van der Waals surface area contributed by atoms with Crippen LogP contribution in [0.3, 0.4) is 0 Å². The van der Waals surface area contributed by atoms with Gasteiger partial charge in [-0.25, -0.2) is 13.8 Å². The topological polar surface area (TPSA) is 30.8 Å². The molecule has 0 aliphatic carbocycles. The predicted octanol–water partition coefficient (Wildman–Crippen LogP) is 4.50. The van der Waals surface area contributed by atoms with Gasteiger partial charge in [0.05, 0.1) is 12.2 Å². The van der Waals surface area contributed by atoms with Crippen LogP contribution in [0.5, 0.6) is 5.75 Å². The first-order valence-electron chi connectivity index (χ1n) is 6.77. The van der Waals surface area contributed by atoms with Crippen LogP contribution in [-0.4, -0.2) is 21.1 Å². The van der Waals surface area contributed by atoms with E-state index in [9.17, 15) is 8.78 Å². The van der Waals surface area contributed by atoms with Crippen LogP contribution in [0.2, 0.25) is 19.6 Å². The summed E-state index contributed by atoms with van der Waals surface area (Å²) in [5, 5.41) is 0. The average molecular weight is 313 g/mol. The Labute approximate surface area is 125 Å². The number of benzene rings is 1. The van der Waals surface area contributed by atoms with Crippen molar-refractivity contribution in [2.75, 3.05) is 6.61 Å². The molecular weight excluding hydrogens is 292 g/mol. The van der Waals surface area contributed by atoms with E-state index in [2.05, 4.69) is 11.6 Å². The summed E-state index contributed by atoms with van der Waals surface area (Å²) >= 11 is 0. The third-order valence-corrected chi connectivity index (χ3v) is 3.16. The molecule has 0 atom stereocenters. The molecule has 1 aromatic rings. The zero-order valence-electron chi connectivity index (χ0n) is 12.9. The summed E-state index contributed by atoms with van der Waals surface area (Å²) < 4.78 is 38.1. The highest BCUT2D eigenvalue weighted by atomic mass is 28.4. The van der Waals surface area contributed by atoms with Crippen molar-refractivity contribution in [2.24, 2.45) is 4.99 Å². The van der Waals surface area contributed by atoms with Crippen LogP contribution < -0.4 is 4.74 Å². The lowest BCUT2D eigenvalue weighted by atomic mass is 10.2. The highest BCUT2D eigenvalue weighted by Gasteiger charge is 2.17. The van der Waals surface area contributed by atoms with Gasteiger partial charge in [0, 0.05) is 6.21 Å². The monoisotopic (exact) mass is 313 g/mol. The summed E-state index contributed by atoms with van der Waals surface area (Å²) in [5.74, 6) is -1.51. The fraction of sp³-hybridized carbons (Fsp3) is 0.400. The van der Waals surface area contributed by atoms with Gasteiger partial charge < -0.3 is 9.16 Å². The third-order valence-electron chi connectivity index (χ3n) is 2.32. The average Bonchev–Trinajstić information content (AvgIpc) is 2.37. The minimum absolute atomic E-state index is 0.0382. The first-order chi connectivity index (χ1) is 9.74. The summed E-state index contributed by atoms with van der Waals surface area (Å²) in [6, 6.07) is 2.42. The van der Waals surface area contributed by atoms with E-state index in [4.69, 9.17) is 9.16 Å². The molecule has 3 nitrogen and oxygen atoms in total. The Morgan fingerprint density at radius 1 is 1.33 bits per heavy atom. The summed E-state index contributed by atoms with van der Waals surface area (Å²) in [4.78, 5) is 3.96. The molecule has 0 bridgehead atoms. The SMILES string of the molecule is C=C(N=Cc1c(OCCC)ccc(F)c1F)O[Si](C)(C)C. The molecule has 0 saturated heterocycles. The molecule has 6 heteroatoms. The maximum atomic E-state index is 13.9. The number of aliphatic imine (C=N–C) groups is 1. The van der Waals surface area contributed by atoms with Crippen molar-refractivity contribution in [1.82, 2.24) is 0 Å². The Kier molecular flexibility index (Phi) is 6.08. The largest absolute Gasteiger partial charge is 0.532 e. The maximum Gasteiger partial charge on any atom is 0.244 e. The van der Waals surface area contributed by atoms with Crippen LogP contribution in [0.25, 0.3) is 0 Å². The molecule has 0 aliphatic rings. The normalized spacial score (nSPS) is 11.7. The Balaban J connectivity index is 2.99. The Morgan fingerprint density at radius 2 is 2.00 bits per heavy atom. The molecule has 0 N–H and O–H groups in total. The first-order valence-corrected chi connectivity index (χ1v) is 10.2. The number of halogens is 2. The van der Waals surface area contributed by atoms with Crippen molar-refractivity contribution in [2.45, 2.75) is 33.0 Å². The van der Waals surface area contributed by atoms with Gasteiger partial charge in [-0.3, -0.25) is 0 Å². The lowest BCUT2D eigenvalue weighted by molar-refractivity contribution is 0.314. The van der Waals surface area contributed by atoms with Crippen LogP contribution in [0.4, 0.5) is 8.78 Å². The predicted molar refractivity (Wildman–Crippen MR) is 83.3 cm³/mol. The van der Waals surface area contributed by atoms with E-state index in [-0.39, 0.29) is 17.2 Å². The van der Waals surface area contributed by atoms with Gasteiger partial charge in [0.15, 0.2) is 17.5 Å².